The highest BCUT2D eigenvalue weighted by Crippen LogP contribution is 2.19. The molecule has 2 rings (SSSR count). The molecule has 0 N–H and O–H groups in total. The zero-order valence-electron chi connectivity index (χ0n) is 16.6. The first-order valence-corrected chi connectivity index (χ1v) is 10.3. The zero-order chi connectivity index (χ0) is 20.7. The van der Waals surface area contributed by atoms with Gasteiger partial charge in [-0.15, -0.1) is 11.8 Å². The Morgan fingerprint density at radius 1 is 1.25 bits per heavy atom. The predicted octanol–water partition coefficient (Wildman–Crippen LogP) is 4.57. The van der Waals surface area contributed by atoms with Crippen molar-refractivity contribution in [1.82, 2.24) is 4.57 Å². The quantitative estimate of drug-likeness (QED) is 0.215. The Hall–Kier alpha value is -2.78. The van der Waals surface area contributed by atoms with Crippen LogP contribution in [0.1, 0.15) is 40.7 Å². The van der Waals surface area contributed by atoms with Crippen molar-refractivity contribution in [2.45, 2.75) is 38.6 Å². The highest BCUT2D eigenvalue weighted by atomic mass is 32.2. The van der Waals surface area contributed by atoms with Crippen molar-refractivity contribution in [3.63, 3.8) is 0 Å². The van der Waals surface area contributed by atoms with Gasteiger partial charge in [0.15, 0.2) is 12.4 Å². The van der Waals surface area contributed by atoms with Gasteiger partial charge in [0.25, 0.3) is 0 Å². The second-order valence-electron chi connectivity index (χ2n) is 6.38. The number of aromatic nitrogens is 1. The first kappa shape index (κ1) is 21.5. The van der Waals surface area contributed by atoms with Gasteiger partial charge in [-0.25, -0.2) is 4.79 Å². The summed E-state index contributed by atoms with van der Waals surface area (Å²) < 4.78 is 7.22. The van der Waals surface area contributed by atoms with Crippen LogP contribution in [0.25, 0.3) is 6.08 Å². The molecule has 0 bridgehead atoms. The molecule has 0 fully saturated rings. The van der Waals surface area contributed by atoms with Crippen molar-refractivity contribution in [1.29, 1.82) is 5.26 Å². The molecule has 28 heavy (non-hydrogen) atoms. The topological polar surface area (TPSA) is 72.1 Å². The molecule has 1 heterocycles. The van der Waals surface area contributed by atoms with E-state index >= 15 is 0 Å². The van der Waals surface area contributed by atoms with Crippen molar-refractivity contribution in [2.75, 3.05) is 12.9 Å². The number of benzene rings is 1. The van der Waals surface area contributed by atoms with Crippen molar-refractivity contribution < 1.29 is 14.3 Å². The number of ether oxygens (including phenoxy) is 1. The molecule has 6 heteroatoms. The van der Waals surface area contributed by atoms with E-state index in [9.17, 15) is 14.9 Å². The van der Waals surface area contributed by atoms with Crippen LogP contribution in [0.3, 0.4) is 0 Å². The lowest BCUT2D eigenvalue weighted by Crippen LogP contribution is -2.15. The molecule has 1 aromatic heterocycles. The number of carbonyl (C=O) groups excluding carboxylic acids is 2. The maximum atomic E-state index is 12.3. The van der Waals surface area contributed by atoms with E-state index in [1.54, 1.807) is 23.9 Å². The van der Waals surface area contributed by atoms with Gasteiger partial charge in [0.05, 0.1) is 0 Å². The Labute approximate surface area is 170 Å². The molecule has 0 saturated heterocycles. The molecule has 0 atom stereocenters. The summed E-state index contributed by atoms with van der Waals surface area (Å²) in [5.41, 5.74) is 3.21. The minimum Gasteiger partial charge on any atom is -0.453 e. The van der Waals surface area contributed by atoms with Crippen LogP contribution in [0.2, 0.25) is 0 Å². The maximum absolute atomic E-state index is 12.3. The molecule has 0 aliphatic rings. The van der Waals surface area contributed by atoms with Crippen LogP contribution in [0.15, 0.2) is 40.8 Å². The summed E-state index contributed by atoms with van der Waals surface area (Å²) >= 11 is 1.58. The Balaban J connectivity index is 2.09. The lowest BCUT2D eigenvalue weighted by atomic mass is 10.1. The van der Waals surface area contributed by atoms with Gasteiger partial charge in [0.2, 0.25) is 0 Å². The zero-order valence-corrected chi connectivity index (χ0v) is 17.4. The molecule has 0 aliphatic heterocycles. The summed E-state index contributed by atoms with van der Waals surface area (Å²) in [6.45, 7) is 6.52. The molecule has 1 aromatic carbocycles. The smallest absolute Gasteiger partial charge is 0.349 e. The largest absolute Gasteiger partial charge is 0.453 e. The van der Waals surface area contributed by atoms with Crippen LogP contribution < -0.4 is 0 Å². The number of hydrogen-bond acceptors (Lipinski definition) is 5. The van der Waals surface area contributed by atoms with E-state index in [2.05, 4.69) is 11.5 Å². The van der Waals surface area contributed by atoms with Gasteiger partial charge < -0.3 is 9.30 Å². The van der Waals surface area contributed by atoms with Gasteiger partial charge in [-0.05, 0) is 56.4 Å². The minimum absolute atomic E-state index is 0.123. The number of nitriles is 1. The number of nitrogens with zero attached hydrogens (tertiary/aromatic N) is 2. The van der Waals surface area contributed by atoms with E-state index in [0.29, 0.717) is 5.56 Å². The average Bonchev–Trinajstić information content (AvgIpc) is 2.97. The van der Waals surface area contributed by atoms with Crippen LogP contribution in [0, 0.1) is 25.2 Å². The fourth-order valence-electron chi connectivity index (χ4n) is 2.90. The second kappa shape index (κ2) is 9.95. The number of hydrogen-bond donors (Lipinski definition) is 0. The number of ketones is 1. The standard InChI is InChI=1S/C22H24N2O3S/c1-5-10-24-15(2)11-18(16(24)3)12-19(13-23)22(26)27-14-21(25)17-6-8-20(28-4)9-7-17/h6-9,11-12H,5,10,14H2,1-4H3/b19-12+. The summed E-state index contributed by atoms with van der Waals surface area (Å²) in [5, 5.41) is 9.35. The Morgan fingerprint density at radius 3 is 2.50 bits per heavy atom. The van der Waals surface area contributed by atoms with Crippen LogP contribution in [0.5, 0.6) is 0 Å². The fraction of sp³-hybridized carbons (Fsp3) is 0.318. The average molecular weight is 397 g/mol. The summed E-state index contributed by atoms with van der Waals surface area (Å²) in [6.07, 6.45) is 4.47. The van der Waals surface area contributed by atoms with Gasteiger partial charge in [-0.2, -0.15) is 5.26 Å². The molecule has 0 unspecified atom stereocenters. The highest BCUT2D eigenvalue weighted by Gasteiger charge is 2.16. The highest BCUT2D eigenvalue weighted by molar-refractivity contribution is 7.98. The van der Waals surface area contributed by atoms with E-state index in [4.69, 9.17) is 4.74 Å². The third-order valence-electron chi connectivity index (χ3n) is 4.45. The van der Waals surface area contributed by atoms with Crippen LogP contribution in [-0.2, 0) is 16.1 Å². The Bertz CT molecular complexity index is 934. The monoisotopic (exact) mass is 396 g/mol. The van der Waals surface area contributed by atoms with Crippen LogP contribution in [0.4, 0.5) is 0 Å². The van der Waals surface area contributed by atoms with E-state index in [-0.39, 0.29) is 11.4 Å². The molecule has 146 valence electrons. The summed E-state index contributed by atoms with van der Waals surface area (Å²) in [4.78, 5) is 25.5. The lowest BCUT2D eigenvalue weighted by molar-refractivity contribution is -0.137. The molecule has 5 nitrogen and oxygen atoms in total. The molecule has 0 radical (unpaired) electrons. The van der Waals surface area contributed by atoms with Gasteiger partial charge in [0, 0.05) is 28.4 Å². The molecule has 0 aliphatic carbocycles. The Morgan fingerprint density at radius 2 is 1.93 bits per heavy atom. The molecular formula is C22H24N2O3S. The van der Waals surface area contributed by atoms with E-state index < -0.39 is 12.6 Å². The summed E-state index contributed by atoms with van der Waals surface area (Å²) in [6, 6.07) is 10.9. The summed E-state index contributed by atoms with van der Waals surface area (Å²) in [5.74, 6) is -1.10. The van der Waals surface area contributed by atoms with Crippen molar-refractivity contribution in [2.24, 2.45) is 0 Å². The third-order valence-corrected chi connectivity index (χ3v) is 5.19. The van der Waals surface area contributed by atoms with Gasteiger partial charge in [-0.3, -0.25) is 4.79 Å². The predicted molar refractivity (Wildman–Crippen MR) is 111 cm³/mol. The normalized spacial score (nSPS) is 11.2. The van der Waals surface area contributed by atoms with E-state index in [0.717, 1.165) is 34.8 Å². The SMILES string of the molecule is CCCn1c(C)cc(/C=C(\C#N)C(=O)OCC(=O)c2ccc(SC)cc2)c1C. The molecular weight excluding hydrogens is 372 g/mol. The Kier molecular flexibility index (Phi) is 7.65. The first-order chi connectivity index (χ1) is 13.4. The number of rotatable bonds is 8. The minimum atomic E-state index is -0.795. The summed E-state index contributed by atoms with van der Waals surface area (Å²) in [7, 11) is 0. The molecule has 0 spiro atoms. The second-order valence-corrected chi connectivity index (χ2v) is 7.26. The maximum Gasteiger partial charge on any atom is 0.349 e. The first-order valence-electron chi connectivity index (χ1n) is 9.04. The number of esters is 1. The van der Waals surface area contributed by atoms with E-state index in [1.165, 1.54) is 6.08 Å². The molecule has 2 aromatic rings. The van der Waals surface area contributed by atoms with Gasteiger partial charge in [-0.1, -0.05) is 19.1 Å². The van der Waals surface area contributed by atoms with Crippen molar-refractivity contribution in [3.8, 4) is 6.07 Å². The van der Waals surface area contributed by atoms with Crippen molar-refractivity contribution >= 4 is 29.6 Å². The number of carbonyl (C=O) groups is 2. The van der Waals surface area contributed by atoms with Gasteiger partial charge in [0.1, 0.15) is 11.6 Å². The number of aryl methyl sites for hydroxylation is 1. The molecule has 0 saturated carbocycles. The number of thioether (sulfide) groups is 1. The fourth-order valence-corrected chi connectivity index (χ4v) is 3.31. The van der Waals surface area contributed by atoms with E-state index in [1.807, 2.05) is 44.4 Å². The van der Waals surface area contributed by atoms with Gasteiger partial charge >= 0.3 is 5.97 Å². The molecule has 0 amide bonds. The van der Waals surface area contributed by atoms with Crippen LogP contribution in [-0.4, -0.2) is 29.2 Å². The lowest BCUT2D eigenvalue weighted by Gasteiger charge is -2.07. The third kappa shape index (κ3) is 5.14. The number of Topliss-reactive ketones (excluding diaryl/α,β-unsaturated/α-hetero) is 1. The van der Waals surface area contributed by atoms with Crippen LogP contribution >= 0.6 is 11.8 Å². The van der Waals surface area contributed by atoms with Crippen molar-refractivity contribution in [3.05, 3.63) is 58.4 Å².